The molecule has 7 N–H and O–H groups in total. The summed E-state index contributed by atoms with van der Waals surface area (Å²) in [6.07, 6.45) is 2.15. The Bertz CT molecular complexity index is 811. The van der Waals surface area contributed by atoms with Crippen LogP contribution in [0.1, 0.15) is 12.0 Å². The number of aliphatic carboxylic acids is 1. The summed E-state index contributed by atoms with van der Waals surface area (Å²) in [5.41, 5.74) is 6.36. The summed E-state index contributed by atoms with van der Waals surface area (Å²) in [6.45, 7) is 0. The van der Waals surface area contributed by atoms with Crippen LogP contribution < -0.4 is 21.7 Å². The minimum atomic E-state index is -1.24. The lowest BCUT2D eigenvalue weighted by atomic mass is 10.0. The molecule has 1 aromatic rings. The minimum Gasteiger partial charge on any atom is -0.508 e. The standard InChI is InChI=1S/C20H30N4O6S3/c1-33-7-6-14(18(27)24-16(10-32)20(29)30)22-19(28)15(23-17(26)13(21)9-31)8-11-2-4-12(25)5-3-11/h2-5,13-16,25,31-32H,6-10,21H2,1H3,(H,22,28)(H,23,26)(H,24,27)(H,29,30). The maximum absolute atomic E-state index is 13.1. The smallest absolute Gasteiger partial charge is 0.327 e. The van der Waals surface area contributed by atoms with E-state index in [1.54, 1.807) is 12.1 Å². The summed E-state index contributed by atoms with van der Waals surface area (Å²) in [5, 5.41) is 26.2. The maximum atomic E-state index is 13.1. The van der Waals surface area contributed by atoms with Crippen LogP contribution in [-0.4, -0.2) is 81.6 Å². The lowest BCUT2D eigenvalue weighted by molar-refractivity contribution is -0.141. The number of aromatic hydroxyl groups is 1. The summed E-state index contributed by atoms with van der Waals surface area (Å²) >= 11 is 9.38. The number of amides is 3. The molecule has 0 aliphatic carbocycles. The maximum Gasteiger partial charge on any atom is 0.327 e. The van der Waals surface area contributed by atoms with Crippen molar-refractivity contribution < 1.29 is 29.4 Å². The first-order valence-corrected chi connectivity index (χ1v) is 12.7. The molecule has 184 valence electrons. The number of benzene rings is 1. The fraction of sp³-hybridized carbons (Fsp3) is 0.500. The van der Waals surface area contributed by atoms with Crippen LogP contribution in [0.15, 0.2) is 24.3 Å². The van der Waals surface area contributed by atoms with E-state index in [9.17, 15) is 24.3 Å². The zero-order valence-corrected chi connectivity index (χ0v) is 20.7. The highest BCUT2D eigenvalue weighted by atomic mass is 32.2. The Morgan fingerprint density at radius 2 is 1.48 bits per heavy atom. The number of carbonyl (C=O) groups is 4. The van der Waals surface area contributed by atoms with Crippen molar-refractivity contribution in [3.63, 3.8) is 0 Å². The van der Waals surface area contributed by atoms with Crippen molar-refractivity contribution in [2.45, 2.75) is 37.0 Å². The van der Waals surface area contributed by atoms with Gasteiger partial charge in [-0.3, -0.25) is 14.4 Å². The average Bonchev–Trinajstić information content (AvgIpc) is 2.79. The van der Waals surface area contributed by atoms with Crippen LogP contribution in [0, 0.1) is 0 Å². The van der Waals surface area contributed by atoms with Crippen molar-refractivity contribution in [1.29, 1.82) is 0 Å². The van der Waals surface area contributed by atoms with Crippen molar-refractivity contribution in [2.75, 3.05) is 23.5 Å². The van der Waals surface area contributed by atoms with Gasteiger partial charge in [0.2, 0.25) is 17.7 Å². The van der Waals surface area contributed by atoms with E-state index in [4.69, 9.17) is 10.8 Å². The van der Waals surface area contributed by atoms with Gasteiger partial charge in [-0.05, 0) is 36.1 Å². The van der Waals surface area contributed by atoms with Crippen LogP contribution in [-0.2, 0) is 25.6 Å². The Hall–Kier alpha value is -2.09. The molecule has 1 rings (SSSR count). The van der Waals surface area contributed by atoms with Gasteiger partial charge in [-0.25, -0.2) is 4.79 Å². The lowest BCUT2D eigenvalue weighted by Gasteiger charge is -2.25. The van der Waals surface area contributed by atoms with Crippen LogP contribution >= 0.6 is 37.0 Å². The summed E-state index contributed by atoms with van der Waals surface area (Å²) in [6, 6.07) is 1.85. The molecule has 0 aromatic heterocycles. The largest absolute Gasteiger partial charge is 0.508 e. The number of thioether (sulfide) groups is 1. The minimum absolute atomic E-state index is 0.0480. The third kappa shape index (κ3) is 10.2. The molecule has 33 heavy (non-hydrogen) atoms. The zero-order valence-electron chi connectivity index (χ0n) is 18.1. The van der Waals surface area contributed by atoms with E-state index in [-0.39, 0.29) is 30.1 Å². The van der Waals surface area contributed by atoms with Gasteiger partial charge in [0.25, 0.3) is 0 Å². The van der Waals surface area contributed by atoms with Gasteiger partial charge in [-0.15, -0.1) is 0 Å². The SMILES string of the molecule is CSCCC(NC(=O)C(Cc1ccc(O)cc1)NC(=O)C(N)CS)C(=O)NC(CS)C(=O)O. The number of hydrogen-bond acceptors (Lipinski definition) is 9. The fourth-order valence-electron chi connectivity index (χ4n) is 2.67. The van der Waals surface area contributed by atoms with Crippen molar-refractivity contribution in [3.8, 4) is 5.75 Å². The number of carboxylic acids is 1. The Labute approximate surface area is 207 Å². The second kappa shape index (κ2) is 14.9. The van der Waals surface area contributed by atoms with Crippen molar-refractivity contribution >= 4 is 60.7 Å². The second-order valence-corrected chi connectivity index (χ2v) is 8.86. The van der Waals surface area contributed by atoms with Crippen LogP contribution in [0.3, 0.4) is 0 Å². The third-order valence-corrected chi connectivity index (χ3v) is 5.99. The van der Waals surface area contributed by atoms with Gasteiger partial charge in [0.1, 0.15) is 23.9 Å². The second-order valence-electron chi connectivity index (χ2n) is 7.15. The van der Waals surface area contributed by atoms with Crippen molar-refractivity contribution in [3.05, 3.63) is 29.8 Å². The number of carboxylic acid groups (broad SMARTS) is 1. The topological polar surface area (TPSA) is 171 Å². The molecule has 0 saturated heterocycles. The summed E-state index contributed by atoms with van der Waals surface area (Å²) in [4.78, 5) is 49.3. The number of rotatable bonds is 14. The van der Waals surface area contributed by atoms with E-state index in [0.717, 1.165) is 0 Å². The van der Waals surface area contributed by atoms with E-state index in [0.29, 0.717) is 11.3 Å². The normalized spacial score (nSPS) is 14.4. The molecule has 1 aromatic carbocycles. The predicted molar refractivity (Wildman–Crippen MR) is 134 cm³/mol. The molecule has 10 nitrogen and oxygen atoms in total. The number of nitrogens with two attached hydrogens (primary N) is 1. The van der Waals surface area contributed by atoms with Crippen LogP contribution in [0.25, 0.3) is 0 Å². The van der Waals surface area contributed by atoms with E-state index < -0.39 is 47.9 Å². The van der Waals surface area contributed by atoms with Gasteiger partial charge in [-0.1, -0.05) is 12.1 Å². The number of carbonyl (C=O) groups excluding carboxylic acids is 3. The molecule has 0 aliphatic rings. The quantitative estimate of drug-likeness (QED) is 0.151. The predicted octanol–water partition coefficient (Wildman–Crippen LogP) is -0.586. The number of phenols is 1. The Morgan fingerprint density at radius 1 is 0.939 bits per heavy atom. The molecule has 0 aliphatic heterocycles. The average molecular weight is 519 g/mol. The first-order valence-electron chi connectivity index (χ1n) is 10.0. The molecule has 0 heterocycles. The lowest BCUT2D eigenvalue weighted by Crippen LogP contribution is -2.58. The zero-order chi connectivity index (χ0) is 25.0. The monoisotopic (exact) mass is 518 g/mol. The van der Waals surface area contributed by atoms with Crippen LogP contribution in [0.4, 0.5) is 0 Å². The highest BCUT2D eigenvalue weighted by Gasteiger charge is 2.29. The highest BCUT2D eigenvalue weighted by molar-refractivity contribution is 7.98. The molecule has 0 fully saturated rings. The van der Waals surface area contributed by atoms with Gasteiger partial charge in [0.15, 0.2) is 0 Å². The number of nitrogens with one attached hydrogen (secondary N) is 3. The first kappa shape index (κ1) is 28.9. The number of phenolic OH excluding ortho intramolecular Hbond substituents is 1. The molecule has 0 saturated carbocycles. The Morgan fingerprint density at radius 3 is 2.00 bits per heavy atom. The third-order valence-electron chi connectivity index (χ3n) is 4.58. The fourth-order valence-corrected chi connectivity index (χ4v) is 3.56. The van der Waals surface area contributed by atoms with Gasteiger partial charge < -0.3 is 31.9 Å². The first-order chi connectivity index (χ1) is 15.6. The molecular weight excluding hydrogens is 488 g/mol. The van der Waals surface area contributed by atoms with Crippen LogP contribution in [0.5, 0.6) is 5.75 Å². The Kier molecular flexibility index (Phi) is 13.1. The van der Waals surface area contributed by atoms with Gasteiger partial charge in [0.05, 0.1) is 6.04 Å². The Balaban J connectivity index is 3.05. The van der Waals surface area contributed by atoms with E-state index >= 15 is 0 Å². The summed E-state index contributed by atoms with van der Waals surface area (Å²) in [7, 11) is 0. The van der Waals surface area contributed by atoms with E-state index in [2.05, 4.69) is 41.2 Å². The molecule has 3 amide bonds. The molecule has 13 heteroatoms. The highest BCUT2D eigenvalue weighted by Crippen LogP contribution is 2.12. The number of thiol groups is 2. The molecule has 0 bridgehead atoms. The van der Waals surface area contributed by atoms with E-state index in [1.807, 2.05) is 6.26 Å². The molecule has 4 unspecified atom stereocenters. The van der Waals surface area contributed by atoms with E-state index in [1.165, 1.54) is 23.9 Å². The van der Waals surface area contributed by atoms with Crippen LogP contribution in [0.2, 0.25) is 0 Å². The molecule has 4 atom stereocenters. The van der Waals surface area contributed by atoms with Crippen molar-refractivity contribution in [2.24, 2.45) is 5.73 Å². The molecule has 0 spiro atoms. The number of hydrogen-bond donors (Lipinski definition) is 8. The van der Waals surface area contributed by atoms with Gasteiger partial charge in [-0.2, -0.15) is 37.0 Å². The summed E-state index contributed by atoms with van der Waals surface area (Å²) < 4.78 is 0. The van der Waals surface area contributed by atoms with Gasteiger partial charge in [0, 0.05) is 17.9 Å². The molecule has 0 radical (unpaired) electrons. The summed E-state index contributed by atoms with van der Waals surface area (Å²) in [5.74, 6) is -2.61. The molecular formula is C20H30N4O6S3. The van der Waals surface area contributed by atoms with Crippen molar-refractivity contribution in [1.82, 2.24) is 16.0 Å². The van der Waals surface area contributed by atoms with Gasteiger partial charge >= 0.3 is 5.97 Å².